The summed E-state index contributed by atoms with van der Waals surface area (Å²) in [5.74, 6) is -0.479. The second kappa shape index (κ2) is 6.90. The third-order valence-corrected chi connectivity index (χ3v) is 3.71. The number of amides is 2. The van der Waals surface area contributed by atoms with Crippen LogP contribution in [0.4, 0.5) is 4.79 Å². The van der Waals surface area contributed by atoms with Crippen LogP contribution in [0.25, 0.3) is 0 Å². The Kier molecular flexibility index (Phi) is 5.19. The molecule has 2 fully saturated rings. The van der Waals surface area contributed by atoms with E-state index in [1.54, 1.807) is 0 Å². The van der Waals surface area contributed by atoms with Crippen LogP contribution in [0.2, 0.25) is 0 Å². The Bertz CT molecular complexity index is 359. The average Bonchev–Trinajstić information content (AvgIpc) is 3.15. The molecule has 114 valence electrons. The predicted octanol–water partition coefficient (Wildman–Crippen LogP) is 0.297. The molecular weight excluding hydrogens is 264 g/mol. The highest BCUT2D eigenvalue weighted by molar-refractivity contribution is 5.80. The van der Waals surface area contributed by atoms with Gasteiger partial charge in [0.2, 0.25) is 0 Å². The van der Waals surface area contributed by atoms with Crippen LogP contribution in [-0.4, -0.2) is 67.6 Å². The highest BCUT2D eigenvalue weighted by Crippen LogP contribution is 2.38. The van der Waals surface area contributed by atoms with Gasteiger partial charge in [-0.15, -0.1) is 0 Å². The fourth-order valence-corrected chi connectivity index (χ4v) is 2.52. The highest BCUT2D eigenvalue weighted by Gasteiger charge is 2.41. The summed E-state index contributed by atoms with van der Waals surface area (Å²) in [6.45, 7) is 0.907. The summed E-state index contributed by atoms with van der Waals surface area (Å²) in [7, 11) is 1.52. The van der Waals surface area contributed by atoms with Gasteiger partial charge in [0.1, 0.15) is 6.54 Å². The van der Waals surface area contributed by atoms with Crippen molar-refractivity contribution in [2.24, 2.45) is 5.92 Å². The minimum Gasteiger partial charge on any atom is -0.480 e. The van der Waals surface area contributed by atoms with Gasteiger partial charge < -0.3 is 24.8 Å². The quantitative estimate of drug-likeness (QED) is 0.702. The van der Waals surface area contributed by atoms with Crippen molar-refractivity contribution in [2.45, 2.75) is 31.4 Å². The number of carbonyl (C=O) groups is 2. The van der Waals surface area contributed by atoms with Gasteiger partial charge in [0.25, 0.3) is 0 Å². The average molecular weight is 286 g/mol. The van der Waals surface area contributed by atoms with E-state index in [1.165, 1.54) is 12.0 Å². The van der Waals surface area contributed by atoms with E-state index in [-0.39, 0.29) is 31.3 Å². The third-order valence-electron chi connectivity index (χ3n) is 3.71. The number of carbonyl (C=O) groups excluding carboxylic acids is 1. The lowest BCUT2D eigenvalue weighted by molar-refractivity contribution is -0.137. The number of nitrogens with one attached hydrogen (secondary N) is 1. The molecule has 7 heteroatoms. The molecule has 0 bridgehead atoms. The molecule has 2 atom stereocenters. The van der Waals surface area contributed by atoms with Gasteiger partial charge in [-0.25, -0.2) is 4.79 Å². The molecular formula is C13H22N2O5. The Labute approximate surface area is 118 Å². The molecule has 2 rings (SSSR count). The number of urea groups is 1. The van der Waals surface area contributed by atoms with Gasteiger partial charge in [-0.2, -0.15) is 0 Å². The first-order valence-electron chi connectivity index (χ1n) is 6.99. The third kappa shape index (κ3) is 4.08. The molecule has 1 aliphatic carbocycles. The second-order valence-electron chi connectivity index (χ2n) is 5.33. The van der Waals surface area contributed by atoms with Gasteiger partial charge in [0.15, 0.2) is 0 Å². The zero-order valence-electron chi connectivity index (χ0n) is 11.7. The van der Waals surface area contributed by atoms with E-state index in [0.29, 0.717) is 19.1 Å². The van der Waals surface area contributed by atoms with Crippen LogP contribution in [0, 0.1) is 5.92 Å². The van der Waals surface area contributed by atoms with E-state index in [2.05, 4.69) is 5.32 Å². The monoisotopic (exact) mass is 286 g/mol. The van der Waals surface area contributed by atoms with Crippen LogP contribution >= 0.6 is 0 Å². The number of carboxylic acid groups (broad SMARTS) is 1. The SMILES string of the molecule is COCCN(CC(=O)O)C(=O)NC1CCOC1C1CC1. The van der Waals surface area contributed by atoms with Gasteiger partial charge >= 0.3 is 12.0 Å². The van der Waals surface area contributed by atoms with Crippen molar-refractivity contribution in [2.75, 3.05) is 33.4 Å². The van der Waals surface area contributed by atoms with Gasteiger partial charge in [0, 0.05) is 20.3 Å². The molecule has 2 unspecified atom stereocenters. The smallest absolute Gasteiger partial charge is 0.323 e. The Balaban J connectivity index is 1.87. The number of methoxy groups -OCH3 is 1. The topological polar surface area (TPSA) is 88.1 Å². The Morgan fingerprint density at radius 3 is 2.75 bits per heavy atom. The van der Waals surface area contributed by atoms with Gasteiger partial charge in [-0.1, -0.05) is 0 Å². The van der Waals surface area contributed by atoms with Crippen molar-refractivity contribution in [3.63, 3.8) is 0 Å². The van der Waals surface area contributed by atoms with Crippen molar-refractivity contribution >= 4 is 12.0 Å². The lowest BCUT2D eigenvalue weighted by Crippen LogP contribution is -2.50. The predicted molar refractivity (Wildman–Crippen MR) is 70.5 cm³/mol. The lowest BCUT2D eigenvalue weighted by Gasteiger charge is -2.25. The molecule has 7 nitrogen and oxygen atoms in total. The maximum absolute atomic E-state index is 12.2. The normalized spacial score (nSPS) is 25.4. The van der Waals surface area contributed by atoms with E-state index in [1.807, 2.05) is 0 Å². The number of carboxylic acids is 1. The largest absolute Gasteiger partial charge is 0.480 e. The Hall–Kier alpha value is -1.34. The Morgan fingerprint density at radius 1 is 1.40 bits per heavy atom. The van der Waals surface area contributed by atoms with E-state index < -0.39 is 5.97 Å². The minimum absolute atomic E-state index is 0.00570. The van der Waals surface area contributed by atoms with Crippen molar-refractivity contribution in [1.29, 1.82) is 0 Å². The summed E-state index contributed by atoms with van der Waals surface area (Å²) in [4.78, 5) is 24.2. The van der Waals surface area contributed by atoms with E-state index in [4.69, 9.17) is 14.6 Å². The molecule has 1 aliphatic heterocycles. The summed E-state index contributed by atoms with van der Waals surface area (Å²) in [6, 6.07) is -0.362. The van der Waals surface area contributed by atoms with Crippen molar-refractivity contribution in [3.05, 3.63) is 0 Å². The van der Waals surface area contributed by atoms with E-state index in [9.17, 15) is 9.59 Å². The summed E-state index contributed by atoms with van der Waals surface area (Å²) >= 11 is 0. The van der Waals surface area contributed by atoms with Gasteiger partial charge in [-0.05, 0) is 25.2 Å². The molecule has 1 saturated carbocycles. The molecule has 20 heavy (non-hydrogen) atoms. The molecule has 0 aromatic rings. The Morgan fingerprint density at radius 2 is 2.15 bits per heavy atom. The zero-order valence-corrected chi connectivity index (χ0v) is 11.7. The maximum atomic E-state index is 12.2. The van der Waals surface area contributed by atoms with Crippen molar-refractivity contribution < 1.29 is 24.2 Å². The first kappa shape index (κ1) is 15.1. The molecule has 2 aliphatic rings. The summed E-state index contributed by atoms with van der Waals surface area (Å²) in [6.07, 6.45) is 3.19. The fraction of sp³-hybridized carbons (Fsp3) is 0.846. The number of rotatable bonds is 7. The number of ether oxygens (including phenoxy) is 2. The molecule has 0 aromatic carbocycles. The molecule has 1 heterocycles. The standard InChI is InChI=1S/C13H22N2O5/c1-19-7-5-15(8-11(16)17)13(18)14-10-4-6-20-12(10)9-2-3-9/h9-10,12H,2-8H2,1H3,(H,14,18)(H,16,17). The van der Waals surface area contributed by atoms with Crippen LogP contribution in [0.3, 0.4) is 0 Å². The van der Waals surface area contributed by atoms with Crippen LogP contribution in [-0.2, 0) is 14.3 Å². The van der Waals surface area contributed by atoms with E-state index in [0.717, 1.165) is 19.3 Å². The van der Waals surface area contributed by atoms with Gasteiger partial charge in [-0.3, -0.25) is 4.79 Å². The molecule has 0 aromatic heterocycles. The van der Waals surface area contributed by atoms with E-state index >= 15 is 0 Å². The highest BCUT2D eigenvalue weighted by atomic mass is 16.5. The van der Waals surface area contributed by atoms with Gasteiger partial charge in [0.05, 0.1) is 18.8 Å². The van der Waals surface area contributed by atoms with Crippen molar-refractivity contribution in [3.8, 4) is 0 Å². The van der Waals surface area contributed by atoms with Crippen LogP contribution in [0.1, 0.15) is 19.3 Å². The van der Waals surface area contributed by atoms with Crippen LogP contribution in [0.5, 0.6) is 0 Å². The fourth-order valence-electron chi connectivity index (χ4n) is 2.52. The molecule has 2 amide bonds. The van der Waals surface area contributed by atoms with Crippen molar-refractivity contribution in [1.82, 2.24) is 10.2 Å². The molecule has 0 radical (unpaired) electrons. The molecule has 1 saturated heterocycles. The summed E-state index contributed by atoms with van der Waals surface area (Å²) in [5, 5.41) is 11.8. The number of hydrogen-bond donors (Lipinski definition) is 2. The zero-order chi connectivity index (χ0) is 14.5. The number of hydrogen-bond acceptors (Lipinski definition) is 4. The maximum Gasteiger partial charge on any atom is 0.323 e. The van der Waals surface area contributed by atoms with Crippen LogP contribution < -0.4 is 5.32 Å². The molecule has 2 N–H and O–H groups in total. The number of aliphatic carboxylic acids is 1. The number of nitrogens with zero attached hydrogens (tertiary/aromatic N) is 1. The lowest BCUT2D eigenvalue weighted by atomic mass is 10.1. The first-order chi connectivity index (χ1) is 9.61. The summed E-state index contributed by atoms with van der Waals surface area (Å²) in [5.41, 5.74) is 0. The summed E-state index contributed by atoms with van der Waals surface area (Å²) < 4.78 is 10.6. The minimum atomic E-state index is -1.03. The first-order valence-corrected chi connectivity index (χ1v) is 6.99. The second-order valence-corrected chi connectivity index (χ2v) is 5.33. The van der Waals surface area contributed by atoms with Crippen LogP contribution in [0.15, 0.2) is 0 Å². The molecule has 0 spiro atoms.